The highest BCUT2D eigenvalue weighted by Crippen LogP contribution is 2.30. The van der Waals surface area contributed by atoms with E-state index in [4.69, 9.17) is 11.6 Å². The van der Waals surface area contributed by atoms with Gasteiger partial charge in [0.05, 0.1) is 20.5 Å². The Morgan fingerprint density at radius 3 is 2.40 bits per heavy atom. The molecule has 0 spiro atoms. The molecule has 0 unspecified atom stereocenters. The van der Waals surface area contributed by atoms with Gasteiger partial charge in [0.25, 0.3) is 5.91 Å². The van der Waals surface area contributed by atoms with Gasteiger partial charge in [0.15, 0.2) is 5.82 Å². The molecule has 0 atom stereocenters. The minimum atomic E-state index is -1.12. The van der Waals surface area contributed by atoms with Gasteiger partial charge in [0, 0.05) is 0 Å². The summed E-state index contributed by atoms with van der Waals surface area (Å²) in [6.07, 6.45) is 0. The van der Waals surface area contributed by atoms with Gasteiger partial charge in [-0.1, -0.05) is 11.6 Å². The molecule has 0 aliphatic heterocycles. The van der Waals surface area contributed by atoms with E-state index in [0.717, 1.165) is 0 Å². The second-order valence-electron chi connectivity index (χ2n) is 4.92. The molecule has 0 saturated carbocycles. The summed E-state index contributed by atoms with van der Waals surface area (Å²) in [6, 6.07) is 0.644. The van der Waals surface area contributed by atoms with Gasteiger partial charge in [0.1, 0.15) is 5.82 Å². The Labute approximate surface area is 127 Å². The summed E-state index contributed by atoms with van der Waals surface area (Å²) >= 11 is 8.26. The van der Waals surface area contributed by atoms with Crippen LogP contribution in [0.2, 0.25) is 5.02 Å². The van der Waals surface area contributed by atoms with Crippen LogP contribution in [-0.4, -0.2) is 11.9 Å². The first kappa shape index (κ1) is 16.8. The van der Waals surface area contributed by atoms with E-state index < -0.39 is 39.5 Å². The van der Waals surface area contributed by atoms with E-state index in [0.29, 0.717) is 6.07 Å². The standard InChI is InChI=1S/C12H11BrClF2NO3/c1-12(2,3)11(19)20-17-10(18)5-4-6(15)7(13)8(14)9(5)16/h4H,1-3H3,(H,17,18). The summed E-state index contributed by atoms with van der Waals surface area (Å²) in [7, 11) is 0. The van der Waals surface area contributed by atoms with E-state index in [1.165, 1.54) is 0 Å². The molecule has 20 heavy (non-hydrogen) atoms. The topological polar surface area (TPSA) is 55.4 Å². The molecule has 8 heteroatoms. The molecular weight excluding hydrogens is 359 g/mol. The van der Waals surface area contributed by atoms with Gasteiger partial charge in [-0.15, -0.1) is 0 Å². The predicted molar refractivity (Wildman–Crippen MR) is 72.1 cm³/mol. The lowest BCUT2D eigenvalue weighted by Gasteiger charge is -2.16. The number of hydrogen-bond donors (Lipinski definition) is 1. The molecule has 1 aromatic carbocycles. The number of carbonyl (C=O) groups excluding carboxylic acids is 2. The minimum absolute atomic E-state index is 0.292. The van der Waals surface area contributed by atoms with E-state index >= 15 is 0 Å². The van der Waals surface area contributed by atoms with Crippen molar-refractivity contribution in [3.63, 3.8) is 0 Å². The van der Waals surface area contributed by atoms with Gasteiger partial charge in [0.2, 0.25) is 0 Å². The quantitative estimate of drug-likeness (QED) is 0.467. The first-order valence-electron chi connectivity index (χ1n) is 5.40. The van der Waals surface area contributed by atoms with Gasteiger partial charge in [-0.05, 0) is 42.8 Å². The lowest BCUT2D eigenvalue weighted by Crippen LogP contribution is -2.33. The third-order valence-electron chi connectivity index (χ3n) is 2.20. The van der Waals surface area contributed by atoms with Gasteiger partial charge in [-0.25, -0.2) is 13.6 Å². The van der Waals surface area contributed by atoms with E-state index in [-0.39, 0.29) is 4.47 Å². The third-order valence-corrected chi connectivity index (χ3v) is 3.55. The van der Waals surface area contributed by atoms with Gasteiger partial charge in [-0.3, -0.25) is 4.79 Å². The second-order valence-corrected chi connectivity index (χ2v) is 6.09. The van der Waals surface area contributed by atoms with Crippen LogP contribution in [0.5, 0.6) is 0 Å². The number of rotatable bonds is 1. The molecule has 0 bridgehead atoms. The summed E-state index contributed by atoms with van der Waals surface area (Å²) < 4.78 is 26.8. The van der Waals surface area contributed by atoms with Gasteiger partial charge in [-0.2, -0.15) is 5.48 Å². The van der Waals surface area contributed by atoms with Crippen molar-refractivity contribution < 1.29 is 23.2 Å². The Bertz CT molecular complexity index is 573. The van der Waals surface area contributed by atoms with Crippen LogP contribution in [0, 0.1) is 17.0 Å². The zero-order valence-corrected chi connectivity index (χ0v) is 13.2. The van der Waals surface area contributed by atoms with Crippen molar-refractivity contribution >= 4 is 39.4 Å². The molecule has 0 fully saturated rings. The number of halogens is 4. The number of nitrogens with one attached hydrogen (secondary N) is 1. The monoisotopic (exact) mass is 369 g/mol. The van der Waals surface area contributed by atoms with Gasteiger partial charge < -0.3 is 4.84 Å². The van der Waals surface area contributed by atoms with Crippen molar-refractivity contribution in [2.75, 3.05) is 0 Å². The normalized spacial score (nSPS) is 11.2. The van der Waals surface area contributed by atoms with Crippen molar-refractivity contribution in [3.05, 3.63) is 32.8 Å². The summed E-state index contributed by atoms with van der Waals surface area (Å²) in [6.45, 7) is 4.70. The number of amides is 1. The Kier molecular flexibility index (Phi) is 5.10. The van der Waals surface area contributed by atoms with Crippen molar-refractivity contribution in [2.45, 2.75) is 20.8 Å². The molecule has 1 amide bonds. The maximum Gasteiger partial charge on any atom is 0.337 e. The van der Waals surface area contributed by atoms with Crippen LogP contribution in [-0.2, 0) is 9.63 Å². The van der Waals surface area contributed by atoms with Crippen LogP contribution in [0.4, 0.5) is 8.78 Å². The molecule has 110 valence electrons. The average Bonchev–Trinajstić information content (AvgIpc) is 2.36. The number of carbonyl (C=O) groups is 2. The Hall–Kier alpha value is -1.21. The molecule has 1 aromatic rings. The Balaban J connectivity index is 2.92. The van der Waals surface area contributed by atoms with E-state index in [1.807, 2.05) is 0 Å². The van der Waals surface area contributed by atoms with E-state index in [2.05, 4.69) is 20.8 Å². The molecule has 0 aromatic heterocycles. The fourth-order valence-electron chi connectivity index (χ4n) is 1.04. The molecule has 0 aliphatic rings. The van der Waals surface area contributed by atoms with Crippen molar-refractivity contribution in [3.8, 4) is 0 Å². The highest BCUT2D eigenvalue weighted by Gasteiger charge is 2.26. The molecule has 0 saturated heterocycles. The maximum absolute atomic E-state index is 13.7. The van der Waals surface area contributed by atoms with Crippen molar-refractivity contribution in [1.82, 2.24) is 5.48 Å². The van der Waals surface area contributed by atoms with E-state index in [9.17, 15) is 18.4 Å². The molecule has 1 N–H and O–H groups in total. The summed E-state index contributed by atoms with van der Waals surface area (Å²) in [5.74, 6) is -3.88. The van der Waals surface area contributed by atoms with E-state index in [1.54, 1.807) is 26.3 Å². The molecule has 4 nitrogen and oxygen atoms in total. The zero-order chi connectivity index (χ0) is 15.7. The van der Waals surface area contributed by atoms with Crippen LogP contribution in [0.3, 0.4) is 0 Å². The highest BCUT2D eigenvalue weighted by atomic mass is 79.9. The molecular formula is C12H11BrClF2NO3. The van der Waals surface area contributed by atoms with Gasteiger partial charge >= 0.3 is 5.97 Å². The Morgan fingerprint density at radius 2 is 1.90 bits per heavy atom. The van der Waals surface area contributed by atoms with Crippen molar-refractivity contribution in [2.24, 2.45) is 5.41 Å². The molecule has 0 radical (unpaired) electrons. The van der Waals surface area contributed by atoms with Crippen LogP contribution in [0.25, 0.3) is 0 Å². The van der Waals surface area contributed by atoms with Crippen LogP contribution >= 0.6 is 27.5 Å². The highest BCUT2D eigenvalue weighted by molar-refractivity contribution is 9.10. The minimum Gasteiger partial charge on any atom is -0.340 e. The SMILES string of the molecule is CC(C)(C)C(=O)ONC(=O)c1cc(F)c(Br)c(Cl)c1F. The lowest BCUT2D eigenvalue weighted by atomic mass is 9.98. The number of benzene rings is 1. The fourth-order valence-corrected chi connectivity index (χ4v) is 1.52. The summed E-state index contributed by atoms with van der Waals surface area (Å²) in [5, 5.41) is -0.572. The van der Waals surface area contributed by atoms with Crippen LogP contribution in [0.1, 0.15) is 31.1 Å². The predicted octanol–water partition coefficient (Wildman–Crippen LogP) is 3.61. The zero-order valence-electron chi connectivity index (χ0n) is 10.8. The molecule has 0 aliphatic carbocycles. The second kappa shape index (κ2) is 6.05. The molecule has 0 heterocycles. The number of hydroxylamine groups is 1. The fraction of sp³-hybridized carbons (Fsp3) is 0.333. The summed E-state index contributed by atoms with van der Waals surface area (Å²) in [5.41, 5.74) is 0.229. The maximum atomic E-state index is 13.7. The number of hydrogen-bond acceptors (Lipinski definition) is 3. The largest absolute Gasteiger partial charge is 0.340 e. The Morgan fingerprint density at radius 1 is 1.35 bits per heavy atom. The van der Waals surface area contributed by atoms with Crippen LogP contribution in [0.15, 0.2) is 10.5 Å². The first-order chi connectivity index (χ1) is 9.05. The summed E-state index contributed by atoms with van der Waals surface area (Å²) in [4.78, 5) is 27.6. The lowest BCUT2D eigenvalue weighted by molar-refractivity contribution is -0.158. The van der Waals surface area contributed by atoms with Crippen molar-refractivity contribution in [1.29, 1.82) is 0 Å². The first-order valence-corrected chi connectivity index (χ1v) is 6.57. The average molecular weight is 371 g/mol. The molecule has 1 rings (SSSR count). The smallest absolute Gasteiger partial charge is 0.337 e. The third kappa shape index (κ3) is 3.67. The van der Waals surface area contributed by atoms with Crippen LogP contribution < -0.4 is 5.48 Å².